The molecule has 2 atom stereocenters. The number of para-hydroxylation sites is 1. The number of benzene rings is 2. The van der Waals surface area contributed by atoms with E-state index in [0.717, 1.165) is 0 Å². The highest BCUT2D eigenvalue weighted by atomic mass is 19.4. The molecule has 0 fully saturated rings. The Labute approximate surface area is 126 Å². The van der Waals surface area contributed by atoms with Gasteiger partial charge in [-0.15, -0.1) is 0 Å². The molecule has 112 valence electrons. The highest BCUT2D eigenvalue weighted by Crippen LogP contribution is 2.57. The number of nitrogens with zero attached hydrogens (tertiary/aromatic N) is 1. The van der Waals surface area contributed by atoms with Crippen molar-refractivity contribution in [1.82, 2.24) is 0 Å². The molecule has 2 aromatic rings. The normalized spacial score (nSPS) is 23.5. The summed E-state index contributed by atoms with van der Waals surface area (Å²) in [5.41, 5.74) is -1.18. The second kappa shape index (κ2) is 5.06. The molecule has 1 aliphatic heterocycles. The lowest BCUT2D eigenvalue weighted by Gasteiger charge is -2.37. The molecule has 1 N–H and O–H groups in total. The molecule has 22 heavy (non-hydrogen) atoms. The number of anilines is 1. The van der Waals surface area contributed by atoms with Gasteiger partial charge in [0.15, 0.2) is 5.54 Å². The van der Waals surface area contributed by atoms with Gasteiger partial charge in [-0.05, 0) is 17.2 Å². The van der Waals surface area contributed by atoms with Gasteiger partial charge >= 0.3 is 6.18 Å². The van der Waals surface area contributed by atoms with Crippen LogP contribution < -0.4 is 5.32 Å². The molecule has 0 saturated heterocycles. The molecule has 5 heteroatoms. The minimum atomic E-state index is -4.53. The maximum absolute atomic E-state index is 14.1. The van der Waals surface area contributed by atoms with Crippen molar-refractivity contribution in [3.8, 4) is 6.07 Å². The maximum atomic E-state index is 14.1. The average Bonchev–Trinajstić information content (AvgIpc) is 2.84. The maximum Gasteiger partial charge on any atom is 0.416 e. The molecule has 0 saturated carbocycles. The Hall–Kier alpha value is -2.48. The average molecular weight is 302 g/mol. The number of fused-ring (bicyclic) bond motifs is 1. The molecule has 2 nitrogen and oxygen atoms in total. The number of hydrogen-bond acceptors (Lipinski definition) is 2. The SMILES string of the molecule is N#CCC1c2ccccc2NC1(c1ccccc1)C(F)(F)F. The van der Waals surface area contributed by atoms with Crippen molar-refractivity contribution in [2.24, 2.45) is 0 Å². The van der Waals surface area contributed by atoms with E-state index in [0.29, 0.717) is 11.3 Å². The molecule has 0 amide bonds. The molecule has 2 unspecified atom stereocenters. The first-order valence-electron chi connectivity index (χ1n) is 6.87. The lowest BCUT2D eigenvalue weighted by atomic mass is 9.75. The predicted molar refractivity (Wildman–Crippen MR) is 77.2 cm³/mol. The third-order valence-electron chi connectivity index (χ3n) is 4.16. The van der Waals surface area contributed by atoms with Crippen LogP contribution in [0.5, 0.6) is 0 Å². The molecule has 0 aliphatic carbocycles. The minimum Gasteiger partial charge on any atom is -0.367 e. The van der Waals surface area contributed by atoms with Gasteiger partial charge in [-0.25, -0.2) is 0 Å². The summed E-state index contributed by atoms with van der Waals surface area (Å²) in [6.07, 6.45) is -4.74. The van der Waals surface area contributed by atoms with Crippen LogP contribution in [0.15, 0.2) is 54.6 Å². The van der Waals surface area contributed by atoms with E-state index >= 15 is 0 Å². The van der Waals surface area contributed by atoms with Crippen molar-refractivity contribution in [1.29, 1.82) is 5.26 Å². The molecule has 3 rings (SSSR count). The lowest BCUT2D eigenvalue weighted by Crippen LogP contribution is -2.50. The van der Waals surface area contributed by atoms with Crippen molar-refractivity contribution in [3.63, 3.8) is 0 Å². The van der Waals surface area contributed by atoms with Crippen LogP contribution in [0.3, 0.4) is 0 Å². The third-order valence-corrected chi connectivity index (χ3v) is 4.16. The Morgan fingerprint density at radius 1 is 1.05 bits per heavy atom. The smallest absolute Gasteiger partial charge is 0.367 e. The first-order chi connectivity index (χ1) is 10.5. The summed E-state index contributed by atoms with van der Waals surface area (Å²) >= 11 is 0. The van der Waals surface area contributed by atoms with E-state index in [1.165, 1.54) is 12.1 Å². The number of halogens is 3. The number of nitriles is 1. The largest absolute Gasteiger partial charge is 0.416 e. The number of alkyl halides is 3. The van der Waals surface area contributed by atoms with E-state index in [9.17, 15) is 13.2 Å². The molecule has 0 spiro atoms. The Morgan fingerprint density at radius 2 is 1.68 bits per heavy atom. The molecule has 1 heterocycles. The first-order valence-corrected chi connectivity index (χ1v) is 6.87. The van der Waals surface area contributed by atoms with Crippen molar-refractivity contribution in [2.75, 3.05) is 5.32 Å². The summed E-state index contributed by atoms with van der Waals surface area (Å²) in [6, 6.07) is 16.3. The zero-order valence-electron chi connectivity index (χ0n) is 11.6. The van der Waals surface area contributed by atoms with Gasteiger partial charge in [0.1, 0.15) is 0 Å². The first kappa shape index (κ1) is 14.5. The van der Waals surface area contributed by atoms with Crippen LogP contribution in [0.2, 0.25) is 0 Å². The summed E-state index contributed by atoms with van der Waals surface area (Å²) < 4.78 is 42.2. The van der Waals surface area contributed by atoms with E-state index in [1.807, 2.05) is 6.07 Å². The van der Waals surface area contributed by atoms with Gasteiger partial charge in [-0.3, -0.25) is 0 Å². The highest BCUT2D eigenvalue weighted by Gasteiger charge is 2.64. The molecule has 1 aliphatic rings. The molecular formula is C17H13F3N2. The fourth-order valence-electron chi connectivity index (χ4n) is 3.21. The van der Waals surface area contributed by atoms with Gasteiger partial charge in [0, 0.05) is 18.0 Å². The summed E-state index contributed by atoms with van der Waals surface area (Å²) in [4.78, 5) is 0. The predicted octanol–water partition coefficient (Wildman–Crippen LogP) is 4.57. The Balaban J connectivity index is 2.26. The van der Waals surface area contributed by atoms with Gasteiger partial charge in [-0.2, -0.15) is 18.4 Å². The van der Waals surface area contributed by atoms with Crippen LogP contribution >= 0.6 is 0 Å². The minimum absolute atomic E-state index is 0.124. The molecule has 0 aromatic heterocycles. The van der Waals surface area contributed by atoms with Crippen LogP contribution in [0.4, 0.5) is 18.9 Å². The van der Waals surface area contributed by atoms with E-state index in [-0.39, 0.29) is 12.0 Å². The van der Waals surface area contributed by atoms with Gasteiger partial charge in [0.2, 0.25) is 0 Å². The Morgan fingerprint density at radius 3 is 2.32 bits per heavy atom. The van der Waals surface area contributed by atoms with E-state index in [2.05, 4.69) is 5.32 Å². The zero-order chi connectivity index (χ0) is 15.8. The van der Waals surface area contributed by atoms with Gasteiger partial charge in [-0.1, -0.05) is 48.5 Å². The number of rotatable bonds is 2. The standard InChI is InChI=1S/C17H13F3N2/c18-17(19,20)16(12-6-2-1-3-7-12)14(10-11-21)13-8-4-5-9-15(13)22-16/h1-9,14,22H,10H2. The van der Waals surface area contributed by atoms with Crippen molar-refractivity contribution in [2.45, 2.75) is 24.1 Å². The summed E-state index contributed by atoms with van der Waals surface area (Å²) in [5.74, 6) is -0.976. The van der Waals surface area contributed by atoms with Gasteiger partial charge in [0.25, 0.3) is 0 Å². The van der Waals surface area contributed by atoms with Gasteiger partial charge in [0.05, 0.1) is 6.07 Å². The highest BCUT2D eigenvalue weighted by molar-refractivity contribution is 5.64. The lowest BCUT2D eigenvalue weighted by molar-refractivity contribution is -0.186. The summed E-state index contributed by atoms with van der Waals surface area (Å²) in [7, 11) is 0. The monoisotopic (exact) mass is 302 g/mol. The quantitative estimate of drug-likeness (QED) is 0.882. The van der Waals surface area contributed by atoms with Crippen molar-refractivity contribution in [3.05, 3.63) is 65.7 Å². The van der Waals surface area contributed by atoms with Crippen LogP contribution in [0.25, 0.3) is 0 Å². The van der Waals surface area contributed by atoms with Crippen LogP contribution in [-0.2, 0) is 5.54 Å². The third kappa shape index (κ3) is 1.95. The Bertz CT molecular complexity index is 719. The van der Waals surface area contributed by atoms with Crippen LogP contribution in [-0.4, -0.2) is 6.18 Å². The molecule has 0 radical (unpaired) electrons. The fourth-order valence-corrected chi connectivity index (χ4v) is 3.21. The van der Waals surface area contributed by atoms with Crippen molar-refractivity contribution >= 4 is 5.69 Å². The second-order valence-electron chi connectivity index (χ2n) is 5.30. The Kier molecular flexibility index (Phi) is 3.32. The van der Waals surface area contributed by atoms with Crippen LogP contribution in [0, 0.1) is 11.3 Å². The number of nitrogens with one attached hydrogen (secondary N) is 1. The topological polar surface area (TPSA) is 35.8 Å². The summed E-state index contributed by atoms with van der Waals surface area (Å²) in [6.45, 7) is 0. The van der Waals surface area contributed by atoms with Crippen LogP contribution in [0.1, 0.15) is 23.5 Å². The number of hydrogen-bond donors (Lipinski definition) is 1. The summed E-state index contributed by atoms with van der Waals surface area (Å²) in [5, 5.41) is 11.7. The molecule has 0 bridgehead atoms. The van der Waals surface area contributed by atoms with E-state index in [1.54, 1.807) is 42.5 Å². The van der Waals surface area contributed by atoms with Gasteiger partial charge < -0.3 is 5.32 Å². The molecule has 2 aromatic carbocycles. The van der Waals surface area contributed by atoms with Crippen molar-refractivity contribution < 1.29 is 13.2 Å². The van der Waals surface area contributed by atoms with E-state index in [4.69, 9.17) is 5.26 Å². The van der Waals surface area contributed by atoms with E-state index < -0.39 is 17.6 Å². The molecular weight excluding hydrogens is 289 g/mol. The fraction of sp³-hybridized carbons (Fsp3) is 0.235. The second-order valence-corrected chi connectivity index (χ2v) is 5.30. The zero-order valence-corrected chi connectivity index (χ0v) is 11.6.